The second-order valence-corrected chi connectivity index (χ2v) is 7.71. The van der Waals surface area contributed by atoms with Crippen molar-refractivity contribution in [3.8, 4) is 0 Å². The second kappa shape index (κ2) is 12.1. The zero-order valence-corrected chi connectivity index (χ0v) is 18.5. The lowest BCUT2D eigenvalue weighted by Crippen LogP contribution is -2.46. The van der Waals surface area contributed by atoms with Crippen LogP contribution in [0, 0.1) is 5.92 Å². The molecule has 6 heteroatoms. The highest BCUT2D eigenvalue weighted by molar-refractivity contribution is 5.80. The number of rotatable bonds is 8. The van der Waals surface area contributed by atoms with Crippen molar-refractivity contribution in [3.63, 3.8) is 0 Å². The third-order valence-electron chi connectivity index (χ3n) is 5.45. The third kappa shape index (κ3) is 7.10. The molecule has 1 N–H and O–H groups in total. The maximum absolute atomic E-state index is 11.9. The Morgan fingerprint density at radius 2 is 1.71 bits per heavy atom. The number of nitrogens with one attached hydrogen (secondary N) is 1. The van der Waals surface area contributed by atoms with E-state index in [9.17, 15) is 4.79 Å². The molecule has 0 saturated carbocycles. The summed E-state index contributed by atoms with van der Waals surface area (Å²) >= 11 is 0. The quantitative estimate of drug-likeness (QED) is 0.398. The predicted octanol–water partition coefficient (Wildman–Crippen LogP) is 3.75. The number of hydrogen-bond acceptors (Lipinski definition) is 4. The van der Waals surface area contributed by atoms with Crippen LogP contribution in [0.25, 0.3) is 0 Å². The van der Waals surface area contributed by atoms with Crippen LogP contribution in [0.3, 0.4) is 0 Å². The molecule has 3 rings (SSSR count). The van der Waals surface area contributed by atoms with Crippen molar-refractivity contribution in [2.24, 2.45) is 10.9 Å². The number of aliphatic imine (C=N–C) groups is 1. The molecule has 1 aliphatic heterocycles. The summed E-state index contributed by atoms with van der Waals surface area (Å²) in [6.45, 7) is 5.78. The molecule has 1 heterocycles. The minimum absolute atomic E-state index is 0.00173. The lowest BCUT2D eigenvalue weighted by Gasteiger charge is -2.33. The first-order valence-electron chi connectivity index (χ1n) is 11.0. The topological polar surface area (TPSA) is 63.2 Å². The van der Waals surface area contributed by atoms with Crippen LogP contribution in [0.2, 0.25) is 0 Å². The summed E-state index contributed by atoms with van der Waals surface area (Å²) in [6.07, 6.45) is 1.60. The number of likely N-dealkylation sites (tertiary alicyclic amines) is 1. The van der Waals surface area contributed by atoms with Gasteiger partial charge in [0.15, 0.2) is 5.96 Å². The van der Waals surface area contributed by atoms with Crippen LogP contribution in [-0.4, -0.2) is 43.6 Å². The number of esters is 1. The van der Waals surface area contributed by atoms with E-state index in [-0.39, 0.29) is 11.9 Å². The van der Waals surface area contributed by atoms with E-state index in [1.807, 2.05) is 25.1 Å². The summed E-state index contributed by atoms with van der Waals surface area (Å²) < 4.78 is 11.0. The molecule has 31 heavy (non-hydrogen) atoms. The van der Waals surface area contributed by atoms with Gasteiger partial charge in [0, 0.05) is 26.7 Å². The van der Waals surface area contributed by atoms with Crippen molar-refractivity contribution in [2.45, 2.75) is 39.5 Å². The number of carbonyl (C=O) groups is 1. The molecule has 0 bridgehead atoms. The highest BCUT2D eigenvalue weighted by Crippen LogP contribution is 2.19. The number of guanidine groups is 1. The van der Waals surface area contributed by atoms with Crippen molar-refractivity contribution >= 4 is 11.9 Å². The molecular formula is C25H33N3O3. The lowest BCUT2D eigenvalue weighted by atomic mass is 9.97. The van der Waals surface area contributed by atoms with Crippen LogP contribution in [0.4, 0.5) is 0 Å². The van der Waals surface area contributed by atoms with Gasteiger partial charge in [-0.25, -0.2) is 0 Å². The van der Waals surface area contributed by atoms with Gasteiger partial charge in [0.25, 0.3) is 0 Å². The summed E-state index contributed by atoms with van der Waals surface area (Å²) in [5, 5.41) is 3.45. The monoisotopic (exact) mass is 423 g/mol. The minimum atomic E-state index is -0.0728. The first-order chi connectivity index (χ1) is 15.2. The van der Waals surface area contributed by atoms with Crippen LogP contribution in [0.15, 0.2) is 59.6 Å². The molecule has 1 fully saturated rings. The standard InChI is InChI=1S/C25H33N3O3/c1-3-31-24(29)23-12-14-28(15-13-23)25(26-2)27-17-21-10-7-11-22(16-21)19-30-18-20-8-5-4-6-9-20/h4-11,16,23H,3,12-15,17-19H2,1-2H3,(H,26,27). The summed E-state index contributed by atoms with van der Waals surface area (Å²) in [4.78, 5) is 18.6. The first kappa shape index (κ1) is 22.8. The third-order valence-corrected chi connectivity index (χ3v) is 5.45. The molecule has 0 aliphatic carbocycles. The Hall–Kier alpha value is -2.86. The number of nitrogens with zero attached hydrogens (tertiary/aromatic N) is 2. The van der Waals surface area contributed by atoms with E-state index < -0.39 is 0 Å². The normalized spacial score (nSPS) is 15.0. The highest BCUT2D eigenvalue weighted by atomic mass is 16.5. The van der Waals surface area contributed by atoms with Crippen molar-refractivity contribution in [1.82, 2.24) is 10.2 Å². The Kier molecular flexibility index (Phi) is 8.91. The van der Waals surface area contributed by atoms with Crippen LogP contribution in [-0.2, 0) is 34.0 Å². The van der Waals surface area contributed by atoms with Crippen LogP contribution in [0.1, 0.15) is 36.5 Å². The molecular weight excluding hydrogens is 390 g/mol. The van der Waals surface area contributed by atoms with Gasteiger partial charge >= 0.3 is 5.97 Å². The van der Waals surface area contributed by atoms with Crippen LogP contribution >= 0.6 is 0 Å². The number of carbonyl (C=O) groups excluding carboxylic acids is 1. The van der Waals surface area contributed by atoms with Crippen LogP contribution < -0.4 is 5.32 Å². The Balaban J connectivity index is 1.45. The van der Waals surface area contributed by atoms with E-state index in [1.165, 1.54) is 11.1 Å². The summed E-state index contributed by atoms with van der Waals surface area (Å²) in [5.41, 5.74) is 3.51. The van der Waals surface area contributed by atoms with Crippen molar-refractivity contribution in [3.05, 3.63) is 71.3 Å². The molecule has 0 unspecified atom stereocenters. The zero-order valence-electron chi connectivity index (χ0n) is 18.5. The Bertz CT molecular complexity index is 846. The lowest BCUT2D eigenvalue weighted by molar-refractivity contribution is -0.149. The molecule has 0 spiro atoms. The SMILES string of the molecule is CCOC(=O)C1CCN(C(=NC)NCc2cccc(COCc3ccccc3)c2)CC1. The number of hydrogen-bond donors (Lipinski definition) is 1. The Morgan fingerprint density at radius 3 is 2.42 bits per heavy atom. The molecule has 2 aromatic carbocycles. The fourth-order valence-corrected chi connectivity index (χ4v) is 3.79. The fraction of sp³-hybridized carbons (Fsp3) is 0.440. The van der Waals surface area contributed by atoms with Crippen molar-refractivity contribution in [2.75, 3.05) is 26.7 Å². The van der Waals surface area contributed by atoms with Gasteiger partial charge in [-0.3, -0.25) is 9.79 Å². The molecule has 0 radical (unpaired) electrons. The molecule has 1 saturated heterocycles. The average molecular weight is 424 g/mol. The molecule has 1 aliphatic rings. The molecule has 0 aromatic heterocycles. The number of piperidine rings is 1. The molecule has 166 valence electrons. The van der Waals surface area contributed by atoms with Gasteiger partial charge in [0.05, 0.1) is 25.7 Å². The van der Waals surface area contributed by atoms with Gasteiger partial charge in [-0.05, 0) is 36.5 Å². The molecule has 0 atom stereocenters. The molecule has 6 nitrogen and oxygen atoms in total. The van der Waals surface area contributed by atoms with Gasteiger partial charge in [0.2, 0.25) is 0 Å². The van der Waals surface area contributed by atoms with Gasteiger partial charge in [-0.1, -0.05) is 54.6 Å². The number of ether oxygens (including phenoxy) is 2. The van der Waals surface area contributed by atoms with E-state index in [2.05, 4.69) is 51.6 Å². The summed E-state index contributed by atoms with van der Waals surface area (Å²) in [6, 6.07) is 18.6. The smallest absolute Gasteiger partial charge is 0.309 e. The van der Waals surface area contributed by atoms with Gasteiger partial charge < -0.3 is 19.7 Å². The van der Waals surface area contributed by atoms with E-state index in [0.29, 0.717) is 26.4 Å². The van der Waals surface area contributed by atoms with Gasteiger partial charge in [0.1, 0.15) is 0 Å². The largest absolute Gasteiger partial charge is 0.466 e. The second-order valence-electron chi connectivity index (χ2n) is 7.71. The zero-order chi connectivity index (χ0) is 21.9. The van der Waals surface area contributed by atoms with E-state index in [0.717, 1.165) is 37.5 Å². The highest BCUT2D eigenvalue weighted by Gasteiger charge is 2.27. The maximum Gasteiger partial charge on any atom is 0.309 e. The van der Waals surface area contributed by atoms with Gasteiger partial charge in [-0.2, -0.15) is 0 Å². The average Bonchev–Trinajstić information content (AvgIpc) is 2.81. The predicted molar refractivity (Wildman–Crippen MR) is 123 cm³/mol. The van der Waals surface area contributed by atoms with E-state index >= 15 is 0 Å². The minimum Gasteiger partial charge on any atom is -0.466 e. The summed E-state index contributed by atoms with van der Waals surface area (Å²) in [7, 11) is 1.80. The van der Waals surface area contributed by atoms with Crippen molar-refractivity contribution in [1.29, 1.82) is 0 Å². The van der Waals surface area contributed by atoms with Gasteiger partial charge in [-0.15, -0.1) is 0 Å². The summed E-state index contributed by atoms with van der Waals surface area (Å²) in [5.74, 6) is 0.798. The van der Waals surface area contributed by atoms with E-state index in [1.54, 1.807) is 7.05 Å². The van der Waals surface area contributed by atoms with E-state index in [4.69, 9.17) is 9.47 Å². The Labute approximate surface area is 185 Å². The van der Waals surface area contributed by atoms with Crippen LogP contribution in [0.5, 0.6) is 0 Å². The maximum atomic E-state index is 11.9. The number of benzene rings is 2. The first-order valence-corrected chi connectivity index (χ1v) is 11.0. The molecule has 0 amide bonds. The molecule has 2 aromatic rings. The fourth-order valence-electron chi connectivity index (χ4n) is 3.79. The Morgan fingerprint density at radius 1 is 1.03 bits per heavy atom. The van der Waals surface area contributed by atoms with Crippen molar-refractivity contribution < 1.29 is 14.3 Å².